The molecule has 1 aromatic heterocycles. The van der Waals surface area contributed by atoms with Crippen LogP contribution < -0.4 is 0 Å². The molecule has 128 valence electrons. The molecular weight excluding hydrogens is 313 g/mol. The molecule has 1 amide bonds. The fourth-order valence-electron chi connectivity index (χ4n) is 3.39. The number of alkyl halides is 3. The normalized spacial score (nSPS) is 21.1. The van der Waals surface area contributed by atoms with Gasteiger partial charge in [0.2, 0.25) is 0 Å². The van der Waals surface area contributed by atoms with Crippen LogP contribution in [0.2, 0.25) is 0 Å². The predicted molar refractivity (Wildman–Crippen MR) is 73.8 cm³/mol. The molecule has 5 nitrogen and oxygen atoms in total. The monoisotopic (exact) mass is 332 g/mol. The van der Waals surface area contributed by atoms with Crippen LogP contribution in [-0.2, 0) is 12.8 Å². The molecule has 0 saturated carbocycles. The van der Waals surface area contributed by atoms with Gasteiger partial charge in [-0.3, -0.25) is 4.79 Å². The third-order valence-corrected chi connectivity index (χ3v) is 4.76. The molecule has 23 heavy (non-hydrogen) atoms. The van der Waals surface area contributed by atoms with E-state index in [0.717, 1.165) is 37.0 Å². The Bertz CT molecular complexity index is 577. The van der Waals surface area contributed by atoms with Crippen LogP contribution in [0, 0.1) is 5.92 Å². The van der Waals surface area contributed by atoms with E-state index in [1.165, 1.54) is 4.90 Å². The Labute approximate surface area is 131 Å². The number of fused-ring (bicyclic) bond motifs is 1. The van der Waals surface area contributed by atoms with Gasteiger partial charge in [0.05, 0.1) is 0 Å². The van der Waals surface area contributed by atoms with Gasteiger partial charge in [0, 0.05) is 25.1 Å². The van der Waals surface area contributed by atoms with Crippen LogP contribution in [0.15, 0.2) is 4.52 Å². The summed E-state index contributed by atoms with van der Waals surface area (Å²) in [5.74, 6) is -0.385. The first-order valence-corrected chi connectivity index (χ1v) is 7.89. The number of rotatable bonds is 2. The number of hydrogen-bond donors (Lipinski definition) is 1. The lowest BCUT2D eigenvalue weighted by Crippen LogP contribution is -2.45. The van der Waals surface area contributed by atoms with Crippen molar-refractivity contribution in [2.24, 2.45) is 5.92 Å². The van der Waals surface area contributed by atoms with Gasteiger partial charge < -0.3 is 14.5 Å². The summed E-state index contributed by atoms with van der Waals surface area (Å²) in [4.78, 5) is 14.0. The van der Waals surface area contributed by atoms with E-state index in [9.17, 15) is 23.1 Å². The van der Waals surface area contributed by atoms with E-state index in [-0.39, 0.29) is 31.8 Å². The van der Waals surface area contributed by atoms with E-state index >= 15 is 0 Å². The average Bonchev–Trinajstić information content (AvgIpc) is 2.97. The SMILES string of the molecule is O=C(c1noc2c1CCCC2)N1CCC([C@H](O)C(F)(F)F)CC1. The van der Waals surface area contributed by atoms with E-state index < -0.39 is 18.2 Å². The van der Waals surface area contributed by atoms with Gasteiger partial charge in [0.25, 0.3) is 5.91 Å². The number of piperidine rings is 1. The molecule has 0 aromatic carbocycles. The van der Waals surface area contributed by atoms with Crippen molar-refractivity contribution in [1.29, 1.82) is 0 Å². The molecule has 1 aliphatic heterocycles. The van der Waals surface area contributed by atoms with Crippen molar-refractivity contribution in [3.63, 3.8) is 0 Å². The second kappa shape index (κ2) is 6.14. The van der Waals surface area contributed by atoms with Crippen LogP contribution >= 0.6 is 0 Å². The van der Waals surface area contributed by atoms with E-state index in [1.54, 1.807) is 0 Å². The molecule has 0 spiro atoms. The largest absolute Gasteiger partial charge is 0.414 e. The summed E-state index contributed by atoms with van der Waals surface area (Å²) in [6.07, 6.45) is -3.15. The first-order valence-electron chi connectivity index (χ1n) is 7.89. The number of aliphatic hydroxyl groups is 1. The summed E-state index contributed by atoms with van der Waals surface area (Å²) in [6, 6.07) is 0. The third kappa shape index (κ3) is 3.22. The van der Waals surface area contributed by atoms with Crippen LogP contribution in [0.4, 0.5) is 13.2 Å². The maximum Gasteiger partial charge on any atom is 0.414 e. The highest BCUT2D eigenvalue weighted by molar-refractivity contribution is 5.94. The van der Waals surface area contributed by atoms with Gasteiger partial charge in [-0.15, -0.1) is 0 Å². The minimum atomic E-state index is -4.61. The number of aromatic nitrogens is 1. The molecule has 2 heterocycles. The number of aliphatic hydroxyl groups excluding tert-OH is 1. The van der Waals surface area contributed by atoms with Crippen molar-refractivity contribution < 1.29 is 27.6 Å². The van der Waals surface area contributed by atoms with Gasteiger partial charge in [-0.2, -0.15) is 13.2 Å². The summed E-state index contributed by atoms with van der Waals surface area (Å²) in [6.45, 7) is 0.385. The van der Waals surface area contributed by atoms with E-state index in [0.29, 0.717) is 5.69 Å². The van der Waals surface area contributed by atoms with Crippen molar-refractivity contribution in [3.8, 4) is 0 Å². The summed E-state index contributed by atoms with van der Waals surface area (Å²) in [7, 11) is 0. The van der Waals surface area contributed by atoms with Crippen molar-refractivity contribution in [3.05, 3.63) is 17.0 Å². The fraction of sp³-hybridized carbons (Fsp3) is 0.733. The highest BCUT2D eigenvalue weighted by Gasteiger charge is 2.44. The number of carbonyl (C=O) groups is 1. The Morgan fingerprint density at radius 2 is 1.91 bits per heavy atom. The standard InChI is InChI=1S/C15H19F3N2O3/c16-15(17,18)13(21)9-5-7-20(8-6-9)14(22)12-10-3-1-2-4-11(10)23-19-12/h9,13,21H,1-8H2/t13-/m0/s1. The van der Waals surface area contributed by atoms with Gasteiger partial charge >= 0.3 is 6.18 Å². The summed E-state index contributed by atoms with van der Waals surface area (Å²) in [5.41, 5.74) is 1.15. The smallest absolute Gasteiger partial charge is 0.383 e. The Balaban J connectivity index is 1.64. The summed E-state index contributed by atoms with van der Waals surface area (Å²) < 4.78 is 42.9. The van der Waals surface area contributed by atoms with Gasteiger partial charge in [0.15, 0.2) is 11.8 Å². The molecule has 1 fully saturated rings. The average molecular weight is 332 g/mol. The number of halogens is 3. The molecule has 3 rings (SSSR count). The molecule has 0 bridgehead atoms. The summed E-state index contributed by atoms with van der Waals surface area (Å²) in [5, 5.41) is 13.2. The minimum absolute atomic E-state index is 0.131. The van der Waals surface area contributed by atoms with Gasteiger partial charge in [-0.1, -0.05) is 5.16 Å². The predicted octanol–water partition coefficient (Wildman–Crippen LogP) is 2.33. The van der Waals surface area contributed by atoms with E-state index in [4.69, 9.17) is 4.52 Å². The summed E-state index contributed by atoms with van der Waals surface area (Å²) >= 11 is 0. The Morgan fingerprint density at radius 3 is 2.57 bits per heavy atom. The molecule has 1 aliphatic carbocycles. The van der Waals surface area contributed by atoms with Crippen LogP contribution in [0.25, 0.3) is 0 Å². The molecular formula is C15H19F3N2O3. The maximum atomic E-state index is 12.5. The first kappa shape index (κ1) is 16.3. The zero-order chi connectivity index (χ0) is 16.6. The van der Waals surface area contributed by atoms with Crippen LogP contribution in [-0.4, -0.2) is 46.4 Å². The Morgan fingerprint density at radius 1 is 1.26 bits per heavy atom. The lowest BCUT2D eigenvalue weighted by atomic mass is 9.90. The second-order valence-corrected chi connectivity index (χ2v) is 6.26. The van der Waals surface area contributed by atoms with Crippen LogP contribution in [0.5, 0.6) is 0 Å². The lowest BCUT2D eigenvalue weighted by Gasteiger charge is -2.34. The molecule has 0 unspecified atom stereocenters. The maximum absolute atomic E-state index is 12.5. The minimum Gasteiger partial charge on any atom is -0.383 e. The number of likely N-dealkylation sites (tertiary alicyclic amines) is 1. The third-order valence-electron chi connectivity index (χ3n) is 4.76. The number of hydrogen-bond acceptors (Lipinski definition) is 4. The number of carbonyl (C=O) groups excluding carboxylic acids is 1. The zero-order valence-electron chi connectivity index (χ0n) is 12.6. The Kier molecular flexibility index (Phi) is 4.35. The second-order valence-electron chi connectivity index (χ2n) is 6.26. The fourth-order valence-corrected chi connectivity index (χ4v) is 3.39. The molecule has 1 aromatic rings. The number of nitrogens with zero attached hydrogens (tertiary/aromatic N) is 2. The zero-order valence-corrected chi connectivity index (χ0v) is 12.6. The van der Waals surface area contributed by atoms with Gasteiger partial charge in [-0.05, 0) is 38.0 Å². The van der Waals surface area contributed by atoms with E-state index in [1.807, 2.05) is 0 Å². The van der Waals surface area contributed by atoms with Crippen molar-refractivity contribution in [2.75, 3.05) is 13.1 Å². The highest BCUT2D eigenvalue weighted by atomic mass is 19.4. The molecule has 2 aliphatic rings. The molecule has 8 heteroatoms. The topological polar surface area (TPSA) is 66.6 Å². The number of amides is 1. The highest BCUT2D eigenvalue weighted by Crippen LogP contribution is 2.32. The Hall–Kier alpha value is -1.57. The molecule has 0 radical (unpaired) electrons. The quantitative estimate of drug-likeness (QED) is 0.903. The lowest BCUT2D eigenvalue weighted by molar-refractivity contribution is -0.222. The van der Waals surface area contributed by atoms with Crippen molar-refractivity contribution >= 4 is 5.91 Å². The molecule has 1 saturated heterocycles. The van der Waals surface area contributed by atoms with Gasteiger partial charge in [-0.25, -0.2) is 0 Å². The number of aryl methyl sites for hydroxylation is 1. The van der Waals surface area contributed by atoms with Crippen molar-refractivity contribution in [2.45, 2.75) is 50.8 Å². The van der Waals surface area contributed by atoms with Crippen LogP contribution in [0.3, 0.4) is 0 Å². The molecule has 1 N–H and O–H groups in total. The van der Waals surface area contributed by atoms with E-state index in [2.05, 4.69) is 5.16 Å². The van der Waals surface area contributed by atoms with Gasteiger partial charge in [0.1, 0.15) is 5.76 Å². The molecule has 1 atom stereocenters. The first-order chi connectivity index (χ1) is 10.9. The van der Waals surface area contributed by atoms with Crippen LogP contribution in [0.1, 0.15) is 47.5 Å². The van der Waals surface area contributed by atoms with Crippen molar-refractivity contribution in [1.82, 2.24) is 10.1 Å².